The van der Waals surface area contributed by atoms with Crippen LogP contribution in [0.25, 0.3) is 0 Å². The third-order valence-electron chi connectivity index (χ3n) is 2.86. The van der Waals surface area contributed by atoms with Gasteiger partial charge in [0.25, 0.3) is 0 Å². The van der Waals surface area contributed by atoms with Gasteiger partial charge in [-0.3, -0.25) is 0 Å². The molecule has 0 aliphatic rings. The van der Waals surface area contributed by atoms with Crippen LogP contribution in [0.1, 0.15) is 24.3 Å². The third-order valence-corrected chi connectivity index (χ3v) is 3.72. The highest BCUT2D eigenvalue weighted by Gasteiger charge is 2.14. The van der Waals surface area contributed by atoms with Crippen molar-refractivity contribution in [1.82, 2.24) is 0 Å². The van der Waals surface area contributed by atoms with Gasteiger partial charge in [-0.25, -0.2) is 0 Å². The van der Waals surface area contributed by atoms with E-state index in [9.17, 15) is 5.26 Å². The van der Waals surface area contributed by atoms with Gasteiger partial charge < -0.3 is 4.90 Å². The second kappa shape index (κ2) is 5.70. The molecule has 0 spiro atoms. The van der Waals surface area contributed by atoms with Crippen LogP contribution in [-0.4, -0.2) is 6.04 Å². The van der Waals surface area contributed by atoms with Gasteiger partial charge in [0, 0.05) is 10.9 Å². The summed E-state index contributed by atoms with van der Waals surface area (Å²) in [4.78, 5) is 3.58. The molecule has 2 rings (SSSR count). The van der Waals surface area contributed by atoms with Gasteiger partial charge in [-0.15, -0.1) is 11.3 Å². The summed E-state index contributed by atoms with van der Waals surface area (Å²) in [6.45, 7) is 5.16. The zero-order valence-corrected chi connectivity index (χ0v) is 11.4. The third kappa shape index (κ3) is 2.72. The van der Waals surface area contributed by atoms with E-state index in [0.29, 0.717) is 6.04 Å². The number of nitrogens with zero attached hydrogens (tertiary/aromatic N) is 2. The van der Waals surface area contributed by atoms with Crippen LogP contribution in [0.2, 0.25) is 0 Å². The molecule has 0 aliphatic carbocycles. The second-order valence-corrected chi connectivity index (χ2v) is 5.46. The molecule has 0 fully saturated rings. The number of thiophene rings is 1. The molecule has 0 atom stereocenters. The quantitative estimate of drug-likeness (QED) is 0.825. The Hall–Kier alpha value is -1.79. The number of benzene rings is 1. The summed E-state index contributed by atoms with van der Waals surface area (Å²) < 4.78 is 0. The molecule has 2 aromatic rings. The Balaban J connectivity index is 2.33. The van der Waals surface area contributed by atoms with Crippen molar-refractivity contribution in [3.8, 4) is 6.07 Å². The fourth-order valence-corrected chi connectivity index (χ4v) is 2.64. The lowest BCUT2D eigenvalue weighted by molar-refractivity contribution is 0.686. The van der Waals surface area contributed by atoms with E-state index in [1.165, 1.54) is 4.88 Å². The molecule has 0 N–H and O–H groups in total. The molecule has 0 amide bonds. The van der Waals surface area contributed by atoms with Crippen molar-refractivity contribution in [2.75, 3.05) is 4.90 Å². The first-order valence-electron chi connectivity index (χ1n) is 6.00. The zero-order valence-electron chi connectivity index (χ0n) is 10.6. The molecule has 3 heteroatoms. The van der Waals surface area contributed by atoms with Gasteiger partial charge in [0.05, 0.1) is 17.8 Å². The largest absolute Gasteiger partial charge is 0.363 e. The van der Waals surface area contributed by atoms with Crippen molar-refractivity contribution in [2.45, 2.75) is 26.4 Å². The Kier molecular flexibility index (Phi) is 4.01. The molecular formula is C15H16N2S. The smallest absolute Gasteiger partial charge is 0.101 e. The van der Waals surface area contributed by atoms with Crippen LogP contribution < -0.4 is 4.90 Å². The highest BCUT2D eigenvalue weighted by molar-refractivity contribution is 7.09. The average molecular weight is 256 g/mol. The van der Waals surface area contributed by atoms with Crippen LogP contribution >= 0.6 is 11.3 Å². The van der Waals surface area contributed by atoms with Crippen molar-refractivity contribution in [3.63, 3.8) is 0 Å². The van der Waals surface area contributed by atoms with Crippen molar-refractivity contribution in [1.29, 1.82) is 5.26 Å². The monoisotopic (exact) mass is 256 g/mol. The van der Waals surface area contributed by atoms with Gasteiger partial charge in [-0.1, -0.05) is 18.2 Å². The lowest BCUT2D eigenvalue weighted by atomic mass is 10.1. The Morgan fingerprint density at radius 2 is 2.00 bits per heavy atom. The van der Waals surface area contributed by atoms with Gasteiger partial charge in [0.2, 0.25) is 0 Å². The lowest BCUT2D eigenvalue weighted by Gasteiger charge is -2.29. The molecule has 1 aromatic heterocycles. The normalized spacial score (nSPS) is 10.3. The topological polar surface area (TPSA) is 27.0 Å². The second-order valence-electron chi connectivity index (χ2n) is 4.43. The molecule has 1 aromatic carbocycles. The van der Waals surface area contributed by atoms with Crippen molar-refractivity contribution in [2.24, 2.45) is 0 Å². The van der Waals surface area contributed by atoms with Crippen LogP contribution in [0.4, 0.5) is 5.69 Å². The minimum atomic E-state index is 0.363. The Bertz CT molecular complexity index is 538. The minimum Gasteiger partial charge on any atom is -0.363 e. The predicted octanol–water partition coefficient (Wildman–Crippen LogP) is 4.03. The lowest BCUT2D eigenvalue weighted by Crippen LogP contribution is -2.30. The summed E-state index contributed by atoms with van der Waals surface area (Å²) in [6.07, 6.45) is 0. The maximum Gasteiger partial charge on any atom is 0.101 e. The van der Waals surface area contributed by atoms with Crippen molar-refractivity contribution in [3.05, 3.63) is 52.2 Å². The number of rotatable bonds is 4. The summed E-state index contributed by atoms with van der Waals surface area (Å²) in [6, 6.07) is 14.6. The molecule has 0 unspecified atom stereocenters. The Morgan fingerprint density at radius 1 is 1.22 bits per heavy atom. The van der Waals surface area contributed by atoms with Gasteiger partial charge >= 0.3 is 0 Å². The predicted molar refractivity (Wildman–Crippen MR) is 76.8 cm³/mol. The molecular weight excluding hydrogens is 240 g/mol. The van der Waals surface area contributed by atoms with E-state index in [1.807, 2.05) is 24.3 Å². The first kappa shape index (κ1) is 12.7. The number of para-hydroxylation sites is 1. The summed E-state index contributed by atoms with van der Waals surface area (Å²) in [7, 11) is 0. The van der Waals surface area contributed by atoms with E-state index >= 15 is 0 Å². The number of hydrogen-bond acceptors (Lipinski definition) is 3. The van der Waals surface area contributed by atoms with Crippen molar-refractivity contribution >= 4 is 17.0 Å². The van der Waals surface area contributed by atoms with E-state index in [2.05, 4.69) is 42.3 Å². The molecule has 0 saturated carbocycles. The van der Waals surface area contributed by atoms with Crippen LogP contribution in [-0.2, 0) is 6.54 Å². The summed E-state index contributed by atoms with van der Waals surface area (Å²) in [5.74, 6) is 0. The Morgan fingerprint density at radius 3 is 2.61 bits per heavy atom. The van der Waals surface area contributed by atoms with Crippen LogP contribution in [0.15, 0.2) is 41.8 Å². The van der Waals surface area contributed by atoms with Crippen LogP contribution in [0.5, 0.6) is 0 Å². The van der Waals surface area contributed by atoms with Gasteiger partial charge in [-0.2, -0.15) is 5.26 Å². The van der Waals surface area contributed by atoms with E-state index < -0.39 is 0 Å². The first-order valence-corrected chi connectivity index (χ1v) is 6.88. The number of anilines is 1. The molecule has 0 aliphatic heterocycles. The number of nitriles is 1. The molecule has 18 heavy (non-hydrogen) atoms. The summed E-state index contributed by atoms with van der Waals surface area (Å²) in [5.41, 5.74) is 1.76. The number of hydrogen-bond donors (Lipinski definition) is 0. The van der Waals surface area contributed by atoms with E-state index in [4.69, 9.17) is 0 Å². The fraction of sp³-hybridized carbons (Fsp3) is 0.267. The van der Waals surface area contributed by atoms with E-state index in [0.717, 1.165) is 17.8 Å². The molecule has 2 nitrogen and oxygen atoms in total. The van der Waals surface area contributed by atoms with Gasteiger partial charge in [0.15, 0.2) is 0 Å². The fourth-order valence-electron chi connectivity index (χ4n) is 1.93. The maximum atomic E-state index is 9.20. The molecule has 1 heterocycles. The van der Waals surface area contributed by atoms with Crippen molar-refractivity contribution < 1.29 is 0 Å². The van der Waals surface area contributed by atoms with E-state index in [-0.39, 0.29) is 0 Å². The van der Waals surface area contributed by atoms with Crippen LogP contribution in [0.3, 0.4) is 0 Å². The highest BCUT2D eigenvalue weighted by atomic mass is 32.1. The molecule has 0 radical (unpaired) electrons. The average Bonchev–Trinajstić information content (AvgIpc) is 2.88. The first-order chi connectivity index (χ1) is 8.72. The van der Waals surface area contributed by atoms with E-state index in [1.54, 1.807) is 11.3 Å². The standard InChI is InChI=1S/C15H16N2S/c1-12(2)17(11-14-7-5-9-18-14)15-8-4-3-6-13(15)10-16/h3-9,12H,11H2,1-2H3. The summed E-state index contributed by atoms with van der Waals surface area (Å²) in [5, 5.41) is 11.3. The summed E-state index contributed by atoms with van der Waals surface area (Å²) >= 11 is 1.75. The SMILES string of the molecule is CC(C)N(Cc1cccs1)c1ccccc1C#N. The maximum absolute atomic E-state index is 9.20. The molecule has 0 saturated heterocycles. The van der Waals surface area contributed by atoms with Crippen LogP contribution in [0, 0.1) is 11.3 Å². The molecule has 92 valence electrons. The van der Waals surface area contributed by atoms with Gasteiger partial charge in [0.1, 0.15) is 6.07 Å². The Labute approximate surface area is 112 Å². The zero-order chi connectivity index (χ0) is 13.0. The highest BCUT2D eigenvalue weighted by Crippen LogP contribution is 2.25. The minimum absolute atomic E-state index is 0.363. The molecule has 0 bridgehead atoms. The van der Waals surface area contributed by atoms with Gasteiger partial charge in [-0.05, 0) is 37.4 Å².